The minimum Gasteiger partial charge on any atom is -0.493 e. The van der Waals surface area contributed by atoms with Gasteiger partial charge in [-0.25, -0.2) is 0 Å². The zero-order chi connectivity index (χ0) is 14.2. The van der Waals surface area contributed by atoms with E-state index in [1.165, 1.54) is 32.2 Å². The van der Waals surface area contributed by atoms with Crippen LogP contribution in [-0.2, 0) is 0 Å². The molecule has 20 heavy (non-hydrogen) atoms. The number of carbonyl (C=O) groups excluding carboxylic acids is 1. The molecule has 1 aromatic carbocycles. The molecule has 0 spiro atoms. The normalized spacial score (nSPS) is 19.8. The fourth-order valence-electron chi connectivity index (χ4n) is 2.98. The third kappa shape index (κ3) is 4.07. The van der Waals surface area contributed by atoms with Gasteiger partial charge in [0.2, 0.25) is 0 Å². The van der Waals surface area contributed by atoms with Crippen molar-refractivity contribution in [1.29, 1.82) is 0 Å². The van der Waals surface area contributed by atoms with Crippen LogP contribution in [0, 0.1) is 0 Å². The van der Waals surface area contributed by atoms with Gasteiger partial charge in [0, 0.05) is 12.6 Å². The van der Waals surface area contributed by atoms with E-state index < -0.39 is 0 Å². The fraction of sp³-hybridized carbons (Fsp3) is 0.588. The molecule has 1 atom stereocenters. The molecule has 0 N–H and O–H groups in total. The number of aldehydes is 1. The summed E-state index contributed by atoms with van der Waals surface area (Å²) in [6.07, 6.45) is 7.15. The van der Waals surface area contributed by atoms with Gasteiger partial charge in [-0.05, 0) is 44.4 Å². The maximum Gasteiger partial charge on any atom is 0.153 e. The minimum absolute atomic E-state index is 0.636. The average Bonchev–Trinajstić information content (AvgIpc) is 2.52. The summed E-state index contributed by atoms with van der Waals surface area (Å²) in [6.45, 7) is 5.28. The summed E-state index contributed by atoms with van der Waals surface area (Å²) in [5, 5.41) is 0. The van der Waals surface area contributed by atoms with Crippen molar-refractivity contribution >= 4 is 6.29 Å². The number of piperidine rings is 1. The third-order valence-electron chi connectivity index (χ3n) is 4.11. The van der Waals surface area contributed by atoms with Crippen molar-refractivity contribution in [2.75, 3.05) is 19.7 Å². The molecule has 110 valence electrons. The second-order valence-electron chi connectivity index (χ2n) is 5.45. The van der Waals surface area contributed by atoms with E-state index >= 15 is 0 Å². The van der Waals surface area contributed by atoms with E-state index in [0.717, 1.165) is 25.3 Å². The number of nitrogens with zero attached hydrogens (tertiary/aromatic N) is 1. The first-order valence-electron chi connectivity index (χ1n) is 7.76. The molecule has 0 radical (unpaired) electrons. The van der Waals surface area contributed by atoms with E-state index in [1.54, 1.807) is 6.07 Å². The van der Waals surface area contributed by atoms with Gasteiger partial charge in [0.25, 0.3) is 0 Å². The molecular formula is C17H25NO2. The van der Waals surface area contributed by atoms with E-state index in [-0.39, 0.29) is 0 Å². The van der Waals surface area contributed by atoms with Crippen molar-refractivity contribution in [3.63, 3.8) is 0 Å². The quantitative estimate of drug-likeness (QED) is 0.563. The molecule has 3 nitrogen and oxygen atoms in total. The number of likely N-dealkylation sites (tertiary alicyclic amines) is 1. The van der Waals surface area contributed by atoms with Gasteiger partial charge in [-0.2, -0.15) is 0 Å². The highest BCUT2D eigenvalue weighted by Crippen LogP contribution is 2.20. The van der Waals surface area contributed by atoms with Gasteiger partial charge >= 0.3 is 0 Å². The number of carbonyl (C=O) groups is 1. The Labute approximate surface area is 121 Å². The first-order valence-corrected chi connectivity index (χ1v) is 7.76. The highest BCUT2D eigenvalue weighted by atomic mass is 16.5. The Morgan fingerprint density at radius 1 is 1.35 bits per heavy atom. The highest BCUT2D eigenvalue weighted by Gasteiger charge is 2.19. The van der Waals surface area contributed by atoms with E-state index in [4.69, 9.17) is 4.74 Å². The van der Waals surface area contributed by atoms with E-state index in [9.17, 15) is 4.79 Å². The van der Waals surface area contributed by atoms with Crippen LogP contribution in [0.5, 0.6) is 5.75 Å². The Morgan fingerprint density at radius 2 is 2.20 bits per heavy atom. The van der Waals surface area contributed by atoms with Crippen molar-refractivity contribution in [3.05, 3.63) is 29.8 Å². The summed E-state index contributed by atoms with van der Waals surface area (Å²) >= 11 is 0. The summed E-state index contributed by atoms with van der Waals surface area (Å²) in [4.78, 5) is 13.5. The summed E-state index contributed by atoms with van der Waals surface area (Å²) in [5.41, 5.74) is 0.636. The smallest absolute Gasteiger partial charge is 0.153 e. The minimum atomic E-state index is 0.636. The lowest BCUT2D eigenvalue weighted by molar-refractivity contribution is 0.111. The van der Waals surface area contributed by atoms with Crippen LogP contribution in [0.4, 0.5) is 0 Å². The highest BCUT2D eigenvalue weighted by molar-refractivity contribution is 5.79. The molecule has 0 amide bonds. The number of hydrogen-bond acceptors (Lipinski definition) is 3. The molecule has 3 heteroatoms. The Hall–Kier alpha value is -1.35. The van der Waals surface area contributed by atoms with Crippen LogP contribution >= 0.6 is 0 Å². The van der Waals surface area contributed by atoms with Crippen LogP contribution in [0.25, 0.3) is 0 Å². The molecule has 1 heterocycles. The summed E-state index contributed by atoms with van der Waals surface area (Å²) in [6, 6.07) is 8.17. The van der Waals surface area contributed by atoms with Gasteiger partial charge in [0.05, 0.1) is 12.2 Å². The molecule has 1 saturated heterocycles. The molecule has 1 aliphatic heterocycles. The van der Waals surface area contributed by atoms with Crippen LogP contribution < -0.4 is 4.74 Å². The van der Waals surface area contributed by atoms with Crippen molar-refractivity contribution in [1.82, 2.24) is 4.90 Å². The van der Waals surface area contributed by atoms with Crippen LogP contribution in [0.2, 0.25) is 0 Å². The Morgan fingerprint density at radius 3 is 3.00 bits per heavy atom. The molecule has 0 aliphatic carbocycles. The molecule has 1 aliphatic rings. The standard InChI is InChI=1S/C17H25NO2/c1-2-16-9-5-6-11-18(16)12-7-13-20-17-10-4-3-8-15(17)14-19/h3-4,8,10,14,16H,2,5-7,9,11-13H2,1H3/t16-/m0/s1. The average molecular weight is 275 g/mol. The van der Waals surface area contributed by atoms with Crippen LogP contribution in [0.1, 0.15) is 49.4 Å². The predicted molar refractivity (Wildman–Crippen MR) is 81.4 cm³/mol. The Balaban J connectivity index is 1.74. The third-order valence-corrected chi connectivity index (χ3v) is 4.11. The van der Waals surface area contributed by atoms with Gasteiger partial charge in [-0.1, -0.05) is 25.5 Å². The second-order valence-corrected chi connectivity index (χ2v) is 5.45. The lowest BCUT2D eigenvalue weighted by Gasteiger charge is -2.35. The van der Waals surface area contributed by atoms with Gasteiger partial charge in [0.1, 0.15) is 5.75 Å². The fourth-order valence-corrected chi connectivity index (χ4v) is 2.98. The molecule has 2 rings (SSSR count). The lowest BCUT2D eigenvalue weighted by Crippen LogP contribution is -2.40. The van der Waals surface area contributed by atoms with Crippen LogP contribution in [-0.4, -0.2) is 36.9 Å². The summed E-state index contributed by atoms with van der Waals surface area (Å²) in [5.74, 6) is 0.702. The molecule has 0 unspecified atom stereocenters. The van der Waals surface area contributed by atoms with Crippen molar-refractivity contribution < 1.29 is 9.53 Å². The Kier molecular flexibility index (Phi) is 6.06. The molecular weight excluding hydrogens is 250 g/mol. The maximum absolute atomic E-state index is 10.9. The summed E-state index contributed by atoms with van der Waals surface area (Å²) in [7, 11) is 0. The number of ether oxygens (including phenoxy) is 1. The first kappa shape index (κ1) is 15.0. The van der Waals surface area contributed by atoms with Gasteiger partial charge in [-0.3, -0.25) is 4.79 Å². The van der Waals surface area contributed by atoms with Gasteiger partial charge in [-0.15, -0.1) is 0 Å². The van der Waals surface area contributed by atoms with Gasteiger partial charge in [0.15, 0.2) is 6.29 Å². The van der Waals surface area contributed by atoms with Crippen LogP contribution in [0.3, 0.4) is 0 Å². The topological polar surface area (TPSA) is 29.5 Å². The van der Waals surface area contributed by atoms with E-state index in [2.05, 4.69) is 11.8 Å². The van der Waals surface area contributed by atoms with Crippen molar-refractivity contribution in [2.45, 2.75) is 45.1 Å². The van der Waals surface area contributed by atoms with E-state index in [0.29, 0.717) is 17.9 Å². The predicted octanol–water partition coefficient (Wildman–Crippen LogP) is 3.53. The zero-order valence-corrected chi connectivity index (χ0v) is 12.4. The molecule has 0 aromatic heterocycles. The molecule has 1 fully saturated rings. The number of para-hydroxylation sites is 1. The number of benzene rings is 1. The molecule has 0 saturated carbocycles. The largest absolute Gasteiger partial charge is 0.493 e. The number of rotatable bonds is 7. The van der Waals surface area contributed by atoms with Crippen molar-refractivity contribution in [2.24, 2.45) is 0 Å². The second kappa shape index (κ2) is 8.05. The lowest BCUT2D eigenvalue weighted by atomic mass is 10.00. The monoisotopic (exact) mass is 275 g/mol. The van der Waals surface area contributed by atoms with Crippen LogP contribution in [0.15, 0.2) is 24.3 Å². The van der Waals surface area contributed by atoms with Crippen molar-refractivity contribution in [3.8, 4) is 5.75 Å². The molecule has 0 bridgehead atoms. The van der Waals surface area contributed by atoms with E-state index in [1.807, 2.05) is 18.2 Å². The Bertz CT molecular complexity index is 419. The maximum atomic E-state index is 10.9. The number of hydrogen-bond donors (Lipinski definition) is 0. The summed E-state index contributed by atoms with van der Waals surface area (Å²) < 4.78 is 5.73. The SMILES string of the molecule is CC[C@H]1CCCCN1CCCOc1ccccc1C=O. The first-order chi connectivity index (χ1) is 9.85. The molecule has 1 aromatic rings. The zero-order valence-electron chi connectivity index (χ0n) is 12.4. The van der Waals surface area contributed by atoms with Gasteiger partial charge < -0.3 is 9.64 Å².